The molecule has 1 aromatic carbocycles. The predicted octanol–water partition coefficient (Wildman–Crippen LogP) is 4.30. The highest BCUT2D eigenvalue weighted by Gasteiger charge is 2.08. The molecule has 0 aliphatic heterocycles. The lowest BCUT2D eigenvalue weighted by Gasteiger charge is -2.12. The van der Waals surface area contributed by atoms with E-state index >= 15 is 0 Å². The Morgan fingerprint density at radius 2 is 2.15 bits per heavy atom. The average molecular weight is 284 g/mol. The van der Waals surface area contributed by atoms with Crippen LogP contribution in [0.4, 0.5) is 0 Å². The van der Waals surface area contributed by atoms with Gasteiger partial charge < -0.3 is 4.74 Å². The average Bonchev–Trinajstić information content (AvgIpc) is 2.83. The fourth-order valence-corrected chi connectivity index (χ4v) is 2.50. The molecule has 1 aromatic heterocycles. The fourth-order valence-electron chi connectivity index (χ4n) is 1.74. The molecule has 0 N–H and O–H groups in total. The first-order chi connectivity index (χ1) is 9.60. The molecule has 4 heteroatoms. The summed E-state index contributed by atoms with van der Waals surface area (Å²) in [6.07, 6.45) is 1.92. The molecule has 0 fully saturated rings. The maximum Gasteiger partial charge on any atom is 0.134 e. The van der Waals surface area contributed by atoms with Crippen molar-refractivity contribution < 1.29 is 4.74 Å². The van der Waals surface area contributed by atoms with Gasteiger partial charge in [-0.15, -0.1) is 11.3 Å². The number of para-hydroxylation sites is 1. The zero-order chi connectivity index (χ0) is 14.5. The third-order valence-corrected chi connectivity index (χ3v) is 3.54. The van der Waals surface area contributed by atoms with Gasteiger partial charge in [0.15, 0.2) is 0 Å². The summed E-state index contributed by atoms with van der Waals surface area (Å²) < 4.78 is 5.76. The van der Waals surface area contributed by atoms with Crippen molar-refractivity contribution in [1.82, 2.24) is 4.98 Å². The number of nitriles is 1. The number of benzene rings is 1. The highest BCUT2D eigenvalue weighted by atomic mass is 32.1. The normalized spacial score (nSPS) is 11.4. The van der Waals surface area contributed by atoms with Crippen LogP contribution in [0.25, 0.3) is 11.6 Å². The van der Waals surface area contributed by atoms with E-state index < -0.39 is 0 Å². The van der Waals surface area contributed by atoms with Gasteiger partial charge in [0.1, 0.15) is 16.8 Å². The van der Waals surface area contributed by atoms with Crippen molar-refractivity contribution in [2.75, 3.05) is 0 Å². The van der Waals surface area contributed by atoms with E-state index in [4.69, 9.17) is 4.74 Å². The number of ether oxygens (including phenoxy) is 1. The zero-order valence-corrected chi connectivity index (χ0v) is 12.6. The standard InChI is InChI=1S/C16H16N2OS/c1-11(2)19-15-7-5-4-6-13(15)8-14(9-17)16-18-12(3)10-20-16/h4-8,10-11H,1-3H3/b14-8+. The summed E-state index contributed by atoms with van der Waals surface area (Å²) in [6, 6.07) is 9.92. The minimum absolute atomic E-state index is 0.0946. The molecule has 0 bridgehead atoms. The van der Waals surface area contributed by atoms with Gasteiger partial charge in [-0.2, -0.15) is 5.26 Å². The summed E-state index contributed by atoms with van der Waals surface area (Å²) in [6.45, 7) is 5.89. The third kappa shape index (κ3) is 3.46. The van der Waals surface area contributed by atoms with Gasteiger partial charge in [0.05, 0.1) is 11.7 Å². The minimum atomic E-state index is 0.0946. The highest BCUT2D eigenvalue weighted by Crippen LogP contribution is 2.26. The summed E-state index contributed by atoms with van der Waals surface area (Å²) in [7, 11) is 0. The van der Waals surface area contributed by atoms with Crippen LogP contribution in [-0.4, -0.2) is 11.1 Å². The van der Waals surface area contributed by atoms with Gasteiger partial charge in [0, 0.05) is 16.6 Å². The van der Waals surface area contributed by atoms with E-state index in [9.17, 15) is 5.26 Å². The third-order valence-electron chi connectivity index (χ3n) is 2.55. The van der Waals surface area contributed by atoms with Gasteiger partial charge >= 0.3 is 0 Å². The summed E-state index contributed by atoms with van der Waals surface area (Å²) >= 11 is 1.48. The highest BCUT2D eigenvalue weighted by molar-refractivity contribution is 7.11. The molecule has 0 aliphatic rings. The van der Waals surface area contributed by atoms with E-state index in [2.05, 4.69) is 11.1 Å². The number of hydrogen-bond donors (Lipinski definition) is 0. The Morgan fingerprint density at radius 3 is 2.75 bits per heavy atom. The number of aromatic nitrogens is 1. The SMILES string of the molecule is Cc1csc(/C(C#N)=C/c2ccccc2OC(C)C)n1. The van der Waals surface area contributed by atoms with Crippen molar-refractivity contribution in [3.63, 3.8) is 0 Å². The molecular weight excluding hydrogens is 268 g/mol. The van der Waals surface area contributed by atoms with Gasteiger partial charge in [0.25, 0.3) is 0 Å². The van der Waals surface area contributed by atoms with Crippen LogP contribution in [0.2, 0.25) is 0 Å². The van der Waals surface area contributed by atoms with Crippen molar-refractivity contribution >= 4 is 23.0 Å². The number of rotatable bonds is 4. The Kier molecular flexibility index (Phi) is 4.54. The van der Waals surface area contributed by atoms with Gasteiger partial charge in [-0.25, -0.2) is 4.98 Å². The van der Waals surface area contributed by atoms with Crippen LogP contribution in [0.3, 0.4) is 0 Å². The topological polar surface area (TPSA) is 45.9 Å². The molecule has 0 spiro atoms. The van der Waals surface area contributed by atoms with Crippen LogP contribution < -0.4 is 4.74 Å². The molecule has 2 rings (SSSR count). The fraction of sp³-hybridized carbons (Fsp3) is 0.250. The van der Waals surface area contributed by atoms with Gasteiger partial charge in [-0.3, -0.25) is 0 Å². The maximum atomic E-state index is 9.33. The summed E-state index contributed by atoms with van der Waals surface area (Å²) in [5, 5.41) is 12.0. The van der Waals surface area contributed by atoms with Crippen molar-refractivity contribution in [1.29, 1.82) is 5.26 Å². The van der Waals surface area contributed by atoms with E-state index in [1.54, 1.807) is 0 Å². The molecular formula is C16H16N2OS. The van der Waals surface area contributed by atoms with E-state index in [1.807, 2.05) is 56.5 Å². The van der Waals surface area contributed by atoms with Gasteiger partial charge in [0.2, 0.25) is 0 Å². The van der Waals surface area contributed by atoms with Crippen LogP contribution >= 0.6 is 11.3 Å². The number of hydrogen-bond acceptors (Lipinski definition) is 4. The van der Waals surface area contributed by atoms with Crippen molar-refractivity contribution in [2.24, 2.45) is 0 Å². The first kappa shape index (κ1) is 14.3. The largest absolute Gasteiger partial charge is 0.490 e. The Bertz CT molecular complexity index is 665. The molecule has 3 nitrogen and oxygen atoms in total. The summed E-state index contributed by atoms with van der Waals surface area (Å²) in [4.78, 5) is 4.36. The summed E-state index contributed by atoms with van der Waals surface area (Å²) in [5.41, 5.74) is 2.38. The van der Waals surface area contributed by atoms with Crippen LogP contribution in [0, 0.1) is 18.3 Å². The van der Waals surface area contributed by atoms with Crippen LogP contribution in [0.1, 0.15) is 30.1 Å². The van der Waals surface area contributed by atoms with E-state index in [0.717, 1.165) is 22.0 Å². The number of nitrogens with zero attached hydrogens (tertiary/aromatic N) is 2. The second kappa shape index (κ2) is 6.36. The predicted molar refractivity (Wildman–Crippen MR) is 82.5 cm³/mol. The number of thiazole rings is 1. The summed E-state index contributed by atoms with van der Waals surface area (Å²) in [5.74, 6) is 0.781. The molecule has 0 unspecified atom stereocenters. The molecule has 0 atom stereocenters. The van der Waals surface area contributed by atoms with Gasteiger partial charge in [-0.05, 0) is 32.9 Å². The minimum Gasteiger partial charge on any atom is -0.490 e. The van der Waals surface area contributed by atoms with Crippen molar-refractivity contribution in [2.45, 2.75) is 26.9 Å². The molecule has 20 heavy (non-hydrogen) atoms. The van der Waals surface area contributed by atoms with E-state index in [-0.39, 0.29) is 6.10 Å². The second-order valence-corrected chi connectivity index (χ2v) is 5.53. The number of aryl methyl sites for hydroxylation is 1. The van der Waals surface area contributed by atoms with Crippen LogP contribution in [0.15, 0.2) is 29.6 Å². The molecule has 1 heterocycles. The lowest BCUT2D eigenvalue weighted by molar-refractivity contribution is 0.242. The second-order valence-electron chi connectivity index (χ2n) is 4.67. The quantitative estimate of drug-likeness (QED) is 0.786. The Balaban J connectivity index is 2.40. The Labute approximate surface area is 123 Å². The van der Waals surface area contributed by atoms with Gasteiger partial charge in [-0.1, -0.05) is 18.2 Å². The monoisotopic (exact) mass is 284 g/mol. The van der Waals surface area contributed by atoms with Crippen molar-refractivity contribution in [3.8, 4) is 11.8 Å². The van der Waals surface area contributed by atoms with Crippen LogP contribution in [-0.2, 0) is 0 Å². The Hall–Kier alpha value is -2.12. The molecule has 0 amide bonds. The Morgan fingerprint density at radius 1 is 1.40 bits per heavy atom. The van der Waals surface area contributed by atoms with Crippen LogP contribution in [0.5, 0.6) is 5.75 Å². The van der Waals surface area contributed by atoms with E-state index in [0.29, 0.717) is 5.57 Å². The molecule has 0 saturated carbocycles. The molecule has 2 aromatic rings. The lowest BCUT2D eigenvalue weighted by Crippen LogP contribution is -2.06. The lowest BCUT2D eigenvalue weighted by atomic mass is 10.1. The first-order valence-corrected chi connectivity index (χ1v) is 7.28. The molecule has 0 saturated heterocycles. The van der Waals surface area contributed by atoms with Crippen molar-refractivity contribution in [3.05, 3.63) is 45.9 Å². The molecule has 102 valence electrons. The smallest absolute Gasteiger partial charge is 0.134 e. The molecule has 0 aliphatic carbocycles. The number of allylic oxidation sites excluding steroid dienone is 1. The molecule has 0 radical (unpaired) electrons. The zero-order valence-electron chi connectivity index (χ0n) is 11.8. The van der Waals surface area contributed by atoms with E-state index in [1.165, 1.54) is 11.3 Å². The maximum absolute atomic E-state index is 9.33. The first-order valence-electron chi connectivity index (χ1n) is 6.40.